The summed E-state index contributed by atoms with van der Waals surface area (Å²) in [5, 5.41) is 15.6. The van der Waals surface area contributed by atoms with Crippen molar-refractivity contribution in [3.63, 3.8) is 0 Å². The van der Waals surface area contributed by atoms with Gasteiger partial charge in [-0.05, 0) is 19.9 Å². The molecule has 1 atom stereocenters. The SMILES string of the molecule is Cc1cccc(-c2n[nH]c(C(C)C(=O)O)n2)c1. The molecule has 0 aliphatic heterocycles. The highest BCUT2D eigenvalue weighted by molar-refractivity contribution is 5.74. The number of aromatic amines is 1. The van der Waals surface area contributed by atoms with Crippen LogP contribution in [0.3, 0.4) is 0 Å². The molecule has 2 aromatic rings. The largest absolute Gasteiger partial charge is 0.481 e. The van der Waals surface area contributed by atoms with Crippen LogP contribution in [-0.4, -0.2) is 26.3 Å². The molecule has 1 heterocycles. The highest BCUT2D eigenvalue weighted by Gasteiger charge is 2.18. The van der Waals surface area contributed by atoms with Gasteiger partial charge in [0.05, 0.1) is 0 Å². The second-order valence-corrected chi connectivity index (χ2v) is 3.97. The van der Waals surface area contributed by atoms with Gasteiger partial charge in [-0.25, -0.2) is 4.98 Å². The van der Waals surface area contributed by atoms with Crippen molar-refractivity contribution in [1.29, 1.82) is 0 Å². The molecule has 1 unspecified atom stereocenters. The van der Waals surface area contributed by atoms with Gasteiger partial charge in [0.1, 0.15) is 11.7 Å². The first-order valence-electron chi connectivity index (χ1n) is 5.30. The van der Waals surface area contributed by atoms with Gasteiger partial charge in [-0.15, -0.1) is 0 Å². The summed E-state index contributed by atoms with van der Waals surface area (Å²) < 4.78 is 0. The molecule has 0 aliphatic rings. The lowest BCUT2D eigenvalue weighted by molar-refractivity contribution is -0.138. The van der Waals surface area contributed by atoms with Crippen molar-refractivity contribution in [3.8, 4) is 11.4 Å². The number of carboxylic acid groups (broad SMARTS) is 1. The normalized spacial score (nSPS) is 12.4. The lowest BCUT2D eigenvalue weighted by atomic mass is 10.1. The van der Waals surface area contributed by atoms with E-state index in [9.17, 15) is 4.79 Å². The predicted molar refractivity (Wildman–Crippen MR) is 62.6 cm³/mol. The Labute approximate surface area is 98.5 Å². The van der Waals surface area contributed by atoms with Crippen LogP contribution < -0.4 is 0 Å². The van der Waals surface area contributed by atoms with Gasteiger partial charge in [0.2, 0.25) is 0 Å². The number of rotatable bonds is 3. The van der Waals surface area contributed by atoms with Crippen molar-refractivity contribution in [2.45, 2.75) is 19.8 Å². The molecule has 0 amide bonds. The van der Waals surface area contributed by atoms with Crippen LogP contribution in [0.25, 0.3) is 11.4 Å². The van der Waals surface area contributed by atoms with E-state index in [0.717, 1.165) is 11.1 Å². The van der Waals surface area contributed by atoms with Crippen molar-refractivity contribution >= 4 is 5.97 Å². The maximum Gasteiger partial charge on any atom is 0.313 e. The van der Waals surface area contributed by atoms with Crippen molar-refractivity contribution in [2.24, 2.45) is 0 Å². The number of aromatic nitrogens is 3. The van der Waals surface area contributed by atoms with E-state index in [2.05, 4.69) is 15.2 Å². The van der Waals surface area contributed by atoms with E-state index in [-0.39, 0.29) is 0 Å². The number of nitrogens with zero attached hydrogens (tertiary/aromatic N) is 2. The second kappa shape index (κ2) is 4.37. The van der Waals surface area contributed by atoms with E-state index in [1.807, 2.05) is 31.2 Å². The smallest absolute Gasteiger partial charge is 0.313 e. The van der Waals surface area contributed by atoms with Crippen LogP contribution in [-0.2, 0) is 4.79 Å². The van der Waals surface area contributed by atoms with Gasteiger partial charge in [-0.2, -0.15) is 5.10 Å². The van der Waals surface area contributed by atoms with Gasteiger partial charge < -0.3 is 5.11 Å². The molecule has 17 heavy (non-hydrogen) atoms. The van der Waals surface area contributed by atoms with Crippen molar-refractivity contribution < 1.29 is 9.90 Å². The minimum atomic E-state index is -0.919. The predicted octanol–water partition coefficient (Wildman–Crippen LogP) is 1.97. The topological polar surface area (TPSA) is 78.9 Å². The Hall–Kier alpha value is -2.17. The van der Waals surface area contributed by atoms with Crippen LogP contribution in [0.15, 0.2) is 24.3 Å². The zero-order chi connectivity index (χ0) is 12.4. The fraction of sp³-hybridized carbons (Fsp3) is 0.250. The first-order valence-corrected chi connectivity index (χ1v) is 5.30. The monoisotopic (exact) mass is 231 g/mol. The molecule has 2 rings (SSSR count). The van der Waals surface area contributed by atoms with E-state index >= 15 is 0 Å². The van der Waals surface area contributed by atoms with Gasteiger partial charge in [-0.1, -0.05) is 23.8 Å². The molecule has 0 aliphatic carbocycles. The van der Waals surface area contributed by atoms with Gasteiger partial charge in [-0.3, -0.25) is 9.89 Å². The maximum absolute atomic E-state index is 10.8. The zero-order valence-corrected chi connectivity index (χ0v) is 9.64. The zero-order valence-electron chi connectivity index (χ0n) is 9.64. The number of H-pyrrole nitrogens is 1. The number of hydrogen-bond acceptors (Lipinski definition) is 3. The van der Waals surface area contributed by atoms with Crippen molar-refractivity contribution in [3.05, 3.63) is 35.7 Å². The highest BCUT2D eigenvalue weighted by atomic mass is 16.4. The summed E-state index contributed by atoms with van der Waals surface area (Å²) in [5.74, 6) is -0.705. The third kappa shape index (κ3) is 2.33. The number of carbonyl (C=O) groups is 1. The Morgan fingerprint density at radius 1 is 1.47 bits per heavy atom. The Morgan fingerprint density at radius 2 is 2.24 bits per heavy atom. The second-order valence-electron chi connectivity index (χ2n) is 3.97. The van der Waals surface area contributed by atoms with Crippen LogP contribution in [0.5, 0.6) is 0 Å². The standard InChI is InChI=1S/C12H13N3O2/c1-7-4-3-5-9(6-7)11-13-10(14-15-11)8(2)12(16)17/h3-6,8H,1-2H3,(H,16,17)(H,13,14,15). The summed E-state index contributed by atoms with van der Waals surface area (Å²) in [4.78, 5) is 15.0. The minimum absolute atomic E-state index is 0.369. The van der Waals surface area contributed by atoms with E-state index < -0.39 is 11.9 Å². The molecule has 0 spiro atoms. The number of hydrogen-bond donors (Lipinski definition) is 2. The summed E-state index contributed by atoms with van der Waals surface area (Å²) in [6, 6.07) is 7.75. The fourth-order valence-electron chi connectivity index (χ4n) is 1.50. The quantitative estimate of drug-likeness (QED) is 0.846. The van der Waals surface area contributed by atoms with E-state index in [0.29, 0.717) is 11.6 Å². The molecule has 0 radical (unpaired) electrons. The summed E-state index contributed by atoms with van der Waals surface area (Å²) in [7, 11) is 0. The molecule has 0 saturated carbocycles. The molecule has 0 bridgehead atoms. The molecule has 0 fully saturated rings. The van der Waals surface area contributed by atoms with E-state index in [1.165, 1.54) is 0 Å². The van der Waals surface area contributed by atoms with Gasteiger partial charge >= 0.3 is 5.97 Å². The summed E-state index contributed by atoms with van der Waals surface area (Å²) in [5.41, 5.74) is 1.99. The molecule has 5 heteroatoms. The van der Waals surface area contributed by atoms with Gasteiger partial charge in [0.15, 0.2) is 5.82 Å². The molecule has 88 valence electrons. The lowest BCUT2D eigenvalue weighted by Gasteiger charge is -1.99. The Morgan fingerprint density at radius 3 is 2.88 bits per heavy atom. The Kier molecular flexibility index (Phi) is 2.91. The van der Waals surface area contributed by atoms with Crippen LogP contribution in [0.4, 0.5) is 0 Å². The molecular formula is C12H13N3O2. The fourth-order valence-corrected chi connectivity index (χ4v) is 1.50. The van der Waals surface area contributed by atoms with Crippen LogP contribution in [0.1, 0.15) is 24.2 Å². The van der Waals surface area contributed by atoms with Crippen molar-refractivity contribution in [2.75, 3.05) is 0 Å². The summed E-state index contributed by atoms with van der Waals surface area (Å²) >= 11 is 0. The molecule has 1 aromatic heterocycles. The van der Waals surface area contributed by atoms with Crippen molar-refractivity contribution in [1.82, 2.24) is 15.2 Å². The number of aryl methyl sites for hydroxylation is 1. The minimum Gasteiger partial charge on any atom is -0.481 e. The van der Waals surface area contributed by atoms with Gasteiger partial charge in [0.25, 0.3) is 0 Å². The average molecular weight is 231 g/mol. The van der Waals surface area contributed by atoms with Gasteiger partial charge in [0, 0.05) is 5.56 Å². The Balaban J connectivity index is 2.33. The first-order chi connectivity index (χ1) is 8.08. The molecule has 2 N–H and O–H groups in total. The maximum atomic E-state index is 10.8. The van der Waals surface area contributed by atoms with E-state index in [1.54, 1.807) is 6.92 Å². The van der Waals surface area contributed by atoms with E-state index in [4.69, 9.17) is 5.11 Å². The number of nitrogens with one attached hydrogen (secondary N) is 1. The van der Waals surface area contributed by atoms with Crippen LogP contribution in [0, 0.1) is 6.92 Å². The molecular weight excluding hydrogens is 218 g/mol. The third-order valence-corrected chi connectivity index (χ3v) is 2.56. The summed E-state index contributed by atoms with van der Waals surface area (Å²) in [6.07, 6.45) is 0. The first kappa shape index (κ1) is 11.3. The molecule has 5 nitrogen and oxygen atoms in total. The number of aliphatic carboxylic acids is 1. The van der Waals surface area contributed by atoms with Crippen LogP contribution in [0.2, 0.25) is 0 Å². The number of benzene rings is 1. The summed E-state index contributed by atoms with van der Waals surface area (Å²) in [6.45, 7) is 3.56. The highest BCUT2D eigenvalue weighted by Crippen LogP contribution is 2.18. The third-order valence-electron chi connectivity index (χ3n) is 2.56. The molecule has 0 saturated heterocycles. The number of carboxylic acids is 1. The Bertz CT molecular complexity index is 548. The lowest BCUT2D eigenvalue weighted by Crippen LogP contribution is -2.08. The molecule has 1 aromatic carbocycles. The average Bonchev–Trinajstić information content (AvgIpc) is 2.77. The van der Waals surface area contributed by atoms with Crippen LogP contribution >= 0.6 is 0 Å².